The first-order valence-corrected chi connectivity index (χ1v) is 8.32. The third kappa shape index (κ3) is 4.80. The first kappa shape index (κ1) is 17.0. The van der Waals surface area contributed by atoms with Crippen LogP contribution in [0.2, 0.25) is 0 Å². The second-order valence-corrected chi connectivity index (χ2v) is 6.65. The molecule has 2 N–H and O–H groups in total. The van der Waals surface area contributed by atoms with Crippen LogP contribution in [0.1, 0.15) is 11.1 Å². The highest BCUT2D eigenvalue weighted by Gasteiger charge is 2.14. The lowest BCUT2D eigenvalue weighted by Crippen LogP contribution is -2.23. The summed E-state index contributed by atoms with van der Waals surface area (Å²) in [6.07, 6.45) is -0.139. The minimum absolute atomic E-state index is 0.0974. The number of ether oxygens (including phenoxy) is 1. The minimum atomic E-state index is -3.65. The van der Waals surface area contributed by atoms with Crippen LogP contribution in [0, 0.1) is 0 Å². The highest BCUT2D eigenvalue weighted by Crippen LogP contribution is 2.14. The molecule has 0 saturated carbocycles. The van der Waals surface area contributed by atoms with Crippen LogP contribution < -0.4 is 9.46 Å². The molecule has 0 aliphatic carbocycles. The number of rotatable bonds is 7. The number of sulfonamides is 1. The molecule has 122 valence electrons. The first-order valence-electron chi connectivity index (χ1n) is 6.84. The SMILES string of the molecule is COc1ccc(CNS(=O)(=O)c2ccc(CC(=O)O)cc2)cc1. The van der Waals surface area contributed by atoms with Crippen molar-refractivity contribution in [2.45, 2.75) is 17.9 Å². The molecule has 6 nitrogen and oxygen atoms in total. The molecule has 0 fully saturated rings. The van der Waals surface area contributed by atoms with E-state index in [2.05, 4.69) is 4.72 Å². The molecular weight excluding hydrogens is 318 g/mol. The van der Waals surface area contributed by atoms with E-state index in [1.807, 2.05) is 0 Å². The second kappa shape index (κ2) is 7.26. The van der Waals surface area contributed by atoms with Crippen molar-refractivity contribution < 1.29 is 23.1 Å². The Morgan fingerprint density at radius 1 is 1.04 bits per heavy atom. The van der Waals surface area contributed by atoms with E-state index in [0.717, 1.165) is 5.56 Å². The summed E-state index contributed by atoms with van der Waals surface area (Å²) in [6, 6.07) is 12.8. The fourth-order valence-corrected chi connectivity index (χ4v) is 2.98. The molecule has 2 aromatic rings. The third-order valence-corrected chi connectivity index (χ3v) is 4.63. The van der Waals surface area contributed by atoms with E-state index < -0.39 is 16.0 Å². The van der Waals surface area contributed by atoms with E-state index >= 15 is 0 Å². The van der Waals surface area contributed by atoms with Crippen LogP contribution in [-0.4, -0.2) is 26.6 Å². The van der Waals surface area contributed by atoms with Crippen molar-refractivity contribution in [1.29, 1.82) is 0 Å². The highest BCUT2D eigenvalue weighted by molar-refractivity contribution is 7.89. The number of hydrogen-bond donors (Lipinski definition) is 2. The van der Waals surface area contributed by atoms with Gasteiger partial charge in [-0.1, -0.05) is 24.3 Å². The summed E-state index contributed by atoms with van der Waals surface area (Å²) in [6.45, 7) is 0.156. The molecule has 0 amide bonds. The Labute approximate surface area is 134 Å². The Morgan fingerprint density at radius 3 is 2.13 bits per heavy atom. The van der Waals surface area contributed by atoms with Gasteiger partial charge in [-0.3, -0.25) is 4.79 Å². The quantitative estimate of drug-likeness (QED) is 0.805. The van der Waals surface area contributed by atoms with Gasteiger partial charge >= 0.3 is 5.97 Å². The Bertz CT molecular complexity index is 767. The van der Waals surface area contributed by atoms with Gasteiger partial charge in [-0.2, -0.15) is 0 Å². The zero-order chi connectivity index (χ0) is 16.9. The largest absolute Gasteiger partial charge is 0.497 e. The molecule has 0 atom stereocenters. The van der Waals surface area contributed by atoms with Gasteiger partial charge in [0.25, 0.3) is 0 Å². The first-order chi connectivity index (χ1) is 10.9. The van der Waals surface area contributed by atoms with Crippen molar-refractivity contribution in [2.75, 3.05) is 7.11 Å². The van der Waals surface area contributed by atoms with Gasteiger partial charge in [0, 0.05) is 6.54 Å². The molecule has 0 heterocycles. The fraction of sp³-hybridized carbons (Fsp3) is 0.188. The number of hydrogen-bond acceptors (Lipinski definition) is 4. The zero-order valence-electron chi connectivity index (χ0n) is 12.5. The molecule has 0 bridgehead atoms. The number of carboxylic acids is 1. The minimum Gasteiger partial charge on any atom is -0.497 e. The van der Waals surface area contributed by atoms with Crippen molar-refractivity contribution in [3.63, 3.8) is 0 Å². The molecule has 7 heteroatoms. The molecule has 2 rings (SSSR count). The van der Waals surface area contributed by atoms with Gasteiger partial charge in [0.15, 0.2) is 0 Å². The number of carbonyl (C=O) groups is 1. The lowest BCUT2D eigenvalue weighted by molar-refractivity contribution is -0.136. The van der Waals surface area contributed by atoms with Crippen molar-refractivity contribution in [3.05, 3.63) is 59.7 Å². The van der Waals surface area contributed by atoms with Gasteiger partial charge in [0.2, 0.25) is 10.0 Å². The van der Waals surface area contributed by atoms with Crippen molar-refractivity contribution >= 4 is 16.0 Å². The number of nitrogens with one attached hydrogen (secondary N) is 1. The molecule has 0 aliphatic rings. The molecule has 0 aromatic heterocycles. The molecule has 0 unspecified atom stereocenters. The summed E-state index contributed by atoms with van der Waals surface area (Å²) in [7, 11) is -2.09. The molecule has 0 spiro atoms. The summed E-state index contributed by atoms with van der Waals surface area (Å²) in [5.41, 5.74) is 1.35. The summed E-state index contributed by atoms with van der Waals surface area (Å²) in [5, 5.41) is 8.70. The van der Waals surface area contributed by atoms with Crippen molar-refractivity contribution in [2.24, 2.45) is 0 Å². The monoisotopic (exact) mass is 335 g/mol. The van der Waals surface area contributed by atoms with Crippen LogP contribution in [0.4, 0.5) is 0 Å². The lowest BCUT2D eigenvalue weighted by atomic mass is 10.2. The topological polar surface area (TPSA) is 92.7 Å². The van der Waals surface area contributed by atoms with Gasteiger partial charge in [-0.15, -0.1) is 0 Å². The smallest absolute Gasteiger partial charge is 0.307 e. The van der Waals surface area contributed by atoms with E-state index in [-0.39, 0.29) is 17.9 Å². The predicted molar refractivity (Wildman–Crippen MR) is 84.8 cm³/mol. The summed E-state index contributed by atoms with van der Waals surface area (Å²) < 4.78 is 32.0. The number of benzene rings is 2. The molecular formula is C16H17NO5S. The van der Waals surface area contributed by atoms with Crippen LogP contribution >= 0.6 is 0 Å². The van der Waals surface area contributed by atoms with Crippen molar-refractivity contribution in [1.82, 2.24) is 4.72 Å². The Kier molecular flexibility index (Phi) is 5.36. The van der Waals surface area contributed by atoms with E-state index in [1.165, 1.54) is 24.3 Å². The normalized spacial score (nSPS) is 11.2. The van der Waals surface area contributed by atoms with Crippen LogP contribution in [-0.2, 0) is 27.8 Å². The van der Waals surface area contributed by atoms with E-state index in [9.17, 15) is 13.2 Å². The summed E-state index contributed by atoms with van der Waals surface area (Å²) in [4.78, 5) is 10.7. The average Bonchev–Trinajstić information content (AvgIpc) is 2.53. The van der Waals surface area contributed by atoms with E-state index in [4.69, 9.17) is 9.84 Å². The lowest BCUT2D eigenvalue weighted by Gasteiger charge is -2.08. The van der Waals surface area contributed by atoms with Crippen LogP contribution in [0.3, 0.4) is 0 Å². The van der Waals surface area contributed by atoms with Crippen molar-refractivity contribution in [3.8, 4) is 5.75 Å². The van der Waals surface area contributed by atoms with Gasteiger partial charge < -0.3 is 9.84 Å². The zero-order valence-corrected chi connectivity index (χ0v) is 13.3. The Balaban J connectivity index is 2.04. The van der Waals surface area contributed by atoms with Crippen LogP contribution in [0.25, 0.3) is 0 Å². The summed E-state index contributed by atoms with van der Waals surface area (Å²) >= 11 is 0. The molecule has 0 aliphatic heterocycles. The summed E-state index contributed by atoms with van der Waals surface area (Å²) in [5.74, 6) is -0.260. The van der Waals surface area contributed by atoms with Gasteiger partial charge in [0.05, 0.1) is 18.4 Å². The molecule has 2 aromatic carbocycles. The number of methoxy groups -OCH3 is 1. The van der Waals surface area contributed by atoms with E-state index in [0.29, 0.717) is 11.3 Å². The Hall–Kier alpha value is -2.38. The predicted octanol–water partition coefficient (Wildman–Crippen LogP) is 1.80. The van der Waals surface area contributed by atoms with Crippen LogP contribution in [0.5, 0.6) is 5.75 Å². The van der Waals surface area contributed by atoms with Gasteiger partial charge in [-0.05, 0) is 35.4 Å². The fourth-order valence-electron chi connectivity index (χ4n) is 1.97. The molecule has 0 saturated heterocycles. The second-order valence-electron chi connectivity index (χ2n) is 4.89. The molecule has 0 radical (unpaired) electrons. The number of aliphatic carboxylic acids is 1. The highest BCUT2D eigenvalue weighted by atomic mass is 32.2. The molecule has 23 heavy (non-hydrogen) atoms. The maximum Gasteiger partial charge on any atom is 0.307 e. The maximum absolute atomic E-state index is 12.2. The van der Waals surface area contributed by atoms with E-state index in [1.54, 1.807) is 31.4 Å². The average molecular weight is 335 g/mol. The van der Waals surface area contributed by atoms with Crippen LogP contribution in [0.15, 0.2) is 53.4 Å². The standard InChI is InChI=1S/C16H17NO5S/c1-22-14-6-2-13(3-7-14)11-17-23(20,21)15-8-4-12(5-9-15)10-16(18)19/h2-9,17H,10-11H2,1H3,(H,18,19). The number of carboxylic acid groups (broad SMARTS) is 1. The maximum atomic E-state index is 12.2. The third-order valence-electron chi connectivity index (χ3n) is 3.21. The van der Waals surface area contributed by atoms with Gasteiger partial charge in [-0.25, -0.2) is 13.1 Å². The van der Waals surface area contributed by atoms with Gasteiger partial charge in [0.1, 0.15) is 5.75 Å². The Morgan fingerprint density at radius 2 is 1.61 bits per heavy atom.